The number of rotatable bonds is 3. The Labute approximate surface area is 78.7 Å². The number of ether oxygens (including phenoxy) is 2. The first-order valence-corrected chi connectivity index (χ1v) is 3.57. The average molecular weight is 204 g/mol. The molecule has 0 radical (unpaired) electrons. The number of carbonyl (C=O) groups excluding carboxylic acids is 1. The van der Waals surface area contributed by atoms with E-state index in [0.29, 0.717) is 0 Å². The molecule has 78 valence electrons. The summed E-state index contributed by atoms with van der Waals surface area (Å²) in [7, 11) is 0. The van der Waals surface area contributed by atoms with Gasteiger partial charge in [0.25, 0.3) is 0 Å². The summed E-state index contributed by atoms with van der Waals surface area (Å²) in [6.07, 6.45) is -1.87. The van der Waals surface area contributed by atoms with E-state index in [-0.39, 0.29) is 0 Å². The van der Waals surface area contributed by atoms with E-state index in [1.165, 1.54) is 6.92 Å². The van der Waals surface area contributed by atoms with Gasteiger partial charge in [0.1, 0.15) is 0 Å². The zero-order valence-electron chi connectivity index (χ0n) is 7.26. The molecule has 0 spiro atoms. The van der Waals surface area contributed by atoms with Crippen molar-refractivity contribution in [2.45, 2.75) is 19.0 Å². The van der Waals surface area contributed by atoms with Crippen molar-refractivity contribution in [3.63, 3.8) is 0 Å². The van der Waals surface area contributed by atoms with Crippen molar-refractivity contribution < 1.29 is 33.9 Å². The Morgan fingerprint density at radius 3 is 2.64 bits per heavy atom. The molecular formula is C7H8O7. The van der Waals surface area contributed by atoms with Crippen LogP contribution in [0.25, 0.3) is 0 Å². The third-order valence-corrected chi connectivity index (χ3v) is 1.41. The number of hydrogen-bond donors (Lipinski definition) is 1. The molecule has 1 rings (SSSR count). The molecule has 1 fully saturated rings. The minimum absolute atomic E-state index is 0.765. The van der Waals surface area contributed by atoms with E-state index in [4.69, 9.17) is 5.11 Å². The van der Waals surface area contributed by atoms with Crippen LogP contribution in [0.2, 0.25) is 0 Å². The second kappa shape index (κ2) is 3.64. The van der Waals surface area contributed by atoms with Crippen LogP contribution in [0.3, 0.4) is 0 Å². The van der Waals surface area contributed by atoms with Crippen molar-refractivity contribution in [1.29, 1.82) is 0 Å². The Morgan fingerprint density at radius 1 is 1.64 bits per heavy atom. The van der Waals surface area contributed by atoms with Crippen molar-refractivity contribution in [3.8, 4) is 0 Å². The molecule has 1 aliphatic heterocycles. The maximum Gasteiger partial charge on any atom is 0.508 e. The third kappa shape index (κ3) is 2.01. The highest BCUT2D eigenvalue weighted by atomic mass is 17.3. The van der Waals surface area contributed by atoms with Crippen LogP contribution in [0.4, 0.5) is 4.79 Å². The topological polar surface area (TPSA) is 91.3 Å². The van der Waals surface area contributed by atoms with Gasteiger partial charge in [0.05, 0.1) is 0 Å². The minimum atomic E-state index is -1.62. The van der Waals surface area contributed by atoms with Gasteiger partial charge in [0, 0.05) is 13.0 Å². The van der Waals surface area contributed by atoms with Gasteiger partial charge in [-0.25, -0.2) is 9.59 Å². The monoisotopic (exact) mass is 204 g/mol. The summed E-state index contributed by atoms with van der Waals surface area (Å²) in [6.45, 7) is 4.41. The second-order valence-electron chi connectivity index (χ2n) is 2.54. The fourth-order valence-corrected chi connectivity index (χ4v) is 0.742. The SMILES string of the molecule is C=CC(=O)OC1OOC1(C)OC(=O)O. The van der Waals surface area contributed by atoms with Crippen LogP contribution in [-0.2, 0) is 24.0 Å². The summed E-state index contributed by atoms with van der Waals surface area (Å²) in [6, 6.07) is 0. The predicted molar refractivity (Wildman–Crippen MR) is 39.8 cm³/mol. The van der Waals surface area contributed by atoms with Crippen LogP contribution >= 0.6 is 0 Å². The number of hydrogen-bond acceptors (Lipinski definition) is 6. The van der Waals surface area contributed by atoms with Gasteiger partial charge in [-0.15, -0.1) is 0 Å². The Kier molecular flexibility index (Phi) is 2.73. The van der Waals surface area contributed by atoms with E-state index in [0.717, 1.165) is 6.08 Å². The van der Waals surface area contributed by atoms with Crippen LogP contribution in [0.5, 0.6) is 0 Å². The molecule has 0 aromatic heterocycles. The molecular weight excluding hydrogens is 196 g/mol. The minimum Gasteiger partial charge on any atom is -0.450 e. The number of carbonyl (C=O) groups is 2. The van der Waals surface area contributed by atoms with Gasteiger partial charge in [-0.2, -0.15) is 9.78 Å². The average Bonchev–Trinajstić information content (AvgIpc) is 2.11. The highest BCUT2D eigenvalue weighted by molar-refractivity contribution is 5.81. The second-order valence-corrected chi connectivity index (χ2v) is 2.54. The Hall–Kier alpha value is -1.60. The first-order chi connectivity index (χ1) is 6.48. The maximum atomic E-state index is 10.7. The molecule has 0 bridgehead atoms. The molecule has 0 saturated carbocycles. The molecule has 14 heavy (non-hydrogen) atoms. The van der Waals surface area contributed by atoms with Crippen molar-refractivity contribution in [2.24, 2.45) is 0 Å². The zero-order valence-corrected chi connectivity index (χ0v) is 7.26. The van der Waals surface area contributed by atoms with E-state index in [2.05, 4.69) is 25.8 Å². The summed E-state index contributed by atoms with van der Waals surface area (Å²) >= 11 is 0. The highest BCUT2D eigenvalue weighted by Crippen LogP contribution is 2.32. The summed E-state index contributed by atoms with van der Waals surface area (Å²) in [5, 5.41) is 8.30. The van der Waals surface area contributed by atoms with E-state index in [9.17, 15) is 9.59 Å². The van der Waals surface area contributed by atoms with Crippen molar-refractivity contribution in [2.75, 3.05) is 0 Å². The Bertz CT molecular complexity index is 273. The first-order valence-electron chi connectivity index (χ1n) is 3.57. The van der Waals surface area contributed by atoms with Crippen LogP contribution < -0.4 is 0 Å². The van der Waals surface area contributed by atoms with E-state index in [1.54, 1.807) is 0 Å². The van der Waals surface area contributed by atoms with Gasteiger partial charge in [-0.05, 0) is 0 Å². The van der Waals surface area contributed by atoms with Crippen LogP contribution in [0.1, 0.15) is 6.92 Å². The fourth-order valence-electron chi connectivity index (χ4n) is 0.742. The van der Waals surface area contributed by atoms with Crippen LogP contribution in [-0.4, -0.2) is 29.3 Å². The van der Waals surface area contributed by atoms with Gasteiger partial charge in [-0.1, -0.05) is 6.58 Å². The molecule has 0 aromatic carbocycles. The molecule has 7 nitrogen and oxygen atoms in total. The maximum absolute atomic E-state index is 10.7. The Balaban J connectivity index is 2.52. The first kappa shape index (κ1) is 10.5. The van der Waals surface area contributed by atoms with Gasteiger partial charge in [0.15, 0.2) is 0 Å². The highest BCUT2D eigenvalue weighted by Gasteiger charge is 2.54. The van der Waals surface area contributed by atoms with Gasteiger partial charge in [-0.3, -0.25) is 0 Å². The van der Waals surface area contributed by atoms with Crippen molar-refractivity contribution >= 4 is 12.1 Å². The van der Waals surface area contributed by atoms with Gasteiger partial charge < -0.3 is 14.6 Å². The zero-order chi connectivity index (χ0) is 10.8. The molecule has 2 atom stereocenters. The third-order valence-electron chi connectivity index (χ3n) is 1.41. The lowest BCUT2D eigenvalue weighted by Gasteiger charge is -2.40. The van der Waals surface area contributed by atoms with Crippen molar-refractivity contribution in [3.05, 3.63) is 12.7 Å². The standard InChI is InChI=1S/C7H8O7/c1-3-4(8)11-5-7(2,14-13-5)12-6(9)10/h3,5H,1H2,2H3,(H,9,10). The molecule has 0 amide bonds. The molecule has 7 heteroatoms. The fraction of sp³-hybridized carbons (Fsp3) is 0.429. The smallest absolute Gasteiger partial charge is 0.450 e. The summed E-state index contributed by atoms with van der Waals surface area (Å²) in [5.41, 5.74) is 0. The molecule has 2 unspecified atom stereocenters. The van der Waals surface area contributed by atoms with Crippen LogP contribution in [0, 0.1) is 0 Å². The molecule has 1 saturated heterocycles. The molecule has 1 N–H and O–H groups in total. The normalized spacial score (nSPS) is 29.9. The largest absolute Gasteiger partial charge is 0.508 e. The van der Waals surface area contributed by atoms with Gasteiger partial charge >= 0.3 is 24.2 Å². The summed E-state index contributed by atoms with van der Waals surface area (Å²) < 4.78 is 8.85. The molecule has 0 aliphatic carbocycles. The summed E-state index contributed by atoms with van der Waals surface area (Å²) in [5.74, 6) is -2.39. The number of esters is 1. The quantitative estimate of drug-likeness (QED) is 0.404. The number of carboxylic acid groups (broad SMARTS) is 1. The predicted octanol–water partition coefficient (Wildman–Crippen LogP) is 0.414. The van der Waals surface area contributed by atoms with E-state index in [1.807, 2.05) is 0 Å². The van der Waals surface area contributed by atoms with Crippen molar-refractivity contribution in [1.82, 2.24) is 0 Å². The molecule has 1 heterocycles. The lowest BCUT2D eigenvalue weighted by Crippen LogP contribution is -2.58. The molecule has 1 aliphatic rings. The van der Waals surface area contributed by atoms with E-state index >= 15 is 0 Å². The van der Waals surface area contributed by atoms with E-state index < -0.39 is 24.2 Å². The van der Waals surface area contributed by atoms with Crippen LogP contribution in [0.15, 0.2) is 12.7 Å². The summed E-state index contributed by atoms with van der Waals surface area (Å²) in [4.78, 5) is 29.6. The Morgan fingerprint density at radius 2 is 2.29 bits per heavy atom. The lowest BCUT2D eigenvalue weighted by atomic mass is 10.3. The lowest BCUT2D eigenvalue weighted by molar-refractivity contribution is -0.594. The molecule has 0 aromatic rings. The van der Waals surface area contributed by atoms with Gasteiger partial charge in [0.2, 0.25) is 0 Å².